The molecule has 1 saturated heterocycles. The number of nitrogens with two attached hydrogens (primary N) is 1. The Bertz CT molecular complexity index is 1270. The summed E-state index contributed by atoms with van der Waals surface area (Å²) >= 11 is 6.32. The van der Waals surface area contributed by atoms with Crippen LogP contribution >= 0.6 is 11.6 Å². The monoisotopic (exact) mass is 477 g/mol. The summed E-state index contributed by atoms with van der Waals surface area (Å²) in [4.78, 5) is 14.4. The Morgan fingerprint density at radius 2 is 1.79 bits per heavy atom. The predicted molar refractivity (Wildman–Crippen MR) is 136 cm³/mol. The van der Waals surface area contributed by atoms with Crippen molar-refractivity contribution in [3.8, 4) is 11.3 Å². The van der Waals surface area contributed by atoms with Gasteiger partial charge in [0.25, 0.3) is 0 Å². The normalized spacial score (nSPS) is 14.7. The van der Waals surface area contributed by atoms with E-state index in [0.717, 1.165) is 61.5 Å². The molecule has 34 heavy (non-hydrogen) atoms. The first kappa shape index (κ1) is 22.6. The Kier molecular flexibility index (Phi) is 6.62. The number of methoxy groups -OCH3 is 1. The van der Waals surface area contributed by atoms with E-state index in [4.69, 9.17) is 37.1 Å². The molecule has 0 unspecified atom stereocenters. The van der Waals surface area contributed by atoms with Crippen molar-refractivity contribution >= 4 is 34.4 Å². The number of hydrogen-bond donors (Lipinski definition) is 1. The lowest BCUT2D eigenvalue weighted by molar-refractivity contribution is 0.144. The van der Waals surface area contributed by atoms with Crippen LogP contribution in [0.25, 0.3) is 22.3 Å². The first-order valence-corrected chi connectivity index (χ1v) is 11.8. The molecule has 0 saturated carbocycles. The van der Waals surface area contributed by atoms with Gasteiger partial charge in [-0.1, -0.05) is 54.1 Å². The quantitative estimate of drug-likeness (QED) is 0.435. The van der Waals surface area contributed by atoms with Crippen molar-refractivity contribution in [3.05, 3.63) is 65.2 Å². The second-order valence-electron chi connectivity index (χ2n) is 8.43. The fourth-order valence-electron chi connectivity index (χ4n) is 4.30. The standard InChI is InChI=1S/C25H28ClN7O/c1-34-15-14-31-10-12-32(13-11-31)25-28-22(19-8-5-9-20(26)16-19)21-23(27)33(30-24(21)29-25)17-18-6-3-2-4-7-18/h2-9,16H,10-15,17,27H2,1H3. The molecule has 9 heteroatoms. The molecule has 8 nitrogen and oxygen atoms in total. The topological polar surface area (TPSA) is 85.3 Å². The van der Waals surface area contributed by atoms with Crippen LogP contribution in [-0.2, 0) is 11.3 Å². The fourth-order valence-corrected chi connectivity index (χ4v) is 4.49. The van der Waals surface area contributed by atoms with Crippen LogP contribution in [0.4, 0.5) is 11.8 Å². The zero-order chi connectivity index (χ0) is 23.5. The van der Waals surface area contributed by atoms with Gasteiger partial charge < -0.3 is 15.4 Å². The van der Waals surface area contributed by atoms with E-state index in [2.05, 4.69) is 21.9 Å². The van der Waals surface area contributed by atoms with Crippen LogP contribution in [-0.4, -0.2) is 71.1 Å². The SMILES string of the molecule is COCCN1CCN(c2nc(-c3cccc(Cl)c3)c3c(N)n(Cc4ccccc4)nc3n2)CC1. The van der Waals surface area contributed by atoms with E-state index in [1.54, 1.807) is 11.8 Å². The first-order valence-electron chi connectivity index (χ1n) is 11.4. The van der Waals surface area contributed by atoms with Crippen LogP contribution < -0.4 is 10.6 Å². The highest BCUT2D eigenvalue weighted by Crippen LogP contribution is 2.33. The molecule has 0 radical (unpaired) electrons. The fraction of sp³-hybridized carbons (Fsp3) is 0.320. The van der Waals surface area contributed by atoms with Gasteiger partial charge >= 0.3 is 0 Å². The third-order valence-electron chi connectivity index (χ3n) is 6.17. The number of hydrogen-bond acceptors (Lipinski definition) is 7. The molecule has 0 aliphatic carbocycles. The van der Waals surface area contributed by atoms with Crippen LogP contribution in [0.2, 0.25) is 5.02 Å². The van der Waals surface area contributed by atoms with Gasteiger partial charge in [0.1, 0.15) is 5.82 Å². The van der Waals surface area contributed by atoms with Gasteiger partial charge in [0.05, 0.1) is 24.2 Å². The molecule has 0 atom stereocenters. The maximum Gasteiger partial charge on any atom is 0.228 e. The van der Waals surface area contributed by atoms with E-state index < -0.39 is 0 Å². The first-order chi connectivity index (χ1) is 16.6. The zero-order valence-electron chi connectivity index (χ0n) is 19.2. The summed E-state index contributed by atoms with van der Waals surface area (Å²) in [5.41, 5.74) is 9.97. The van der Waals surface area contributed by atoms with E-state index in [1.807, 2.05) is 42.5 Å². The van der Waals surface area contributed by atoms with Gasteiger partial charge in [-0.3, -0.25) is 4.90 Å². The van der Waals surface area contributed by atoms with Crippen molar-refractivity contribution in [1.29, 1.82) is 0 Å². The molecule has 0 bridgehead atoms. The summed E-state index contributed by atoms with van der Waals surface area (Å²) in [5.74, 6) is 1.21. The highest BCUT2D eigenvalue weighted by molar-refractivity contribution is 6.30. The number of nitrogens with zero attached hydrogens (tertiary/aromatic N) is 6. The van der Waals surface area contributed by atoms with E-state index in [1.165, 1.54) is 0 Å². The predicted octanol–water partition coefficient (Wildman–Crippen LogP) is 3.55. The molecule has 0 amide bonds. The Hall–Kier alpha value is -3.20. The van der Waals surface area contributed by atoms with E-state index in [9.17, 15) is 0 Å². The minimum Gasteiger partial charge on any atom is -0.383 e. The van der Waals surface area contributed by atoms with Crippen molar-refractivity contribution < 1.29 is 4.74 Å². The lowest BCUT2D eigenvalue weighted by Crippen LogP contribution is -2.47. The van der Waals surface area contributed by atoms with Gasteiger partial charge in [-0.25, -0.2) is 9.67 Å². The van der Waals surface area contributed by atoms with Gasteiger partial charge in [-0.05, 0) is 17.7 Å². The van der Waals surface area contributed by atoms with E-state index in [0.29, 0.717) is 29.0 Å². The molecular weight excluding hydrogens is 450 g/mol. The molecule has 1 fully saturated rings. The Balaban J connectivity index is 1.54. The number of aromatic nitrogens is 4. The van der Waals surface area contributed by atoms with Gasteiger partial charge in [0, 0.05) is 50.4 Å². The smallest absolute Gasteiger partial charge is 0.228 e. The summed E-state index contributed by atoms with van der Waals surface area (Å²) in [6.07, 6.45) is 0. The lowest BCUT2D eigenvalue weighted by Gasteiger charge is -2.34. The number of anilines is 2. The number of ether oxygens (including phenoxy) is 1. The van der Waals surface area contributed by atoms with E-state index in [-0.39, 0.29) is 0 Å². The number of nitrogen functional groups attached to an aromatic ring is 1. The third-order valence-corrected chi connectivity index (χ3v) is 6.40. The molecule has 1 aliphatic rings. The molecule has 1 aliphatic heterocycles. The van der Waals surface area contributed by atoms with Crippen molar-refractivity contribution in [2.24, 2.45) is 0 Å². The molecule has 5 rings (SSSR count). The summed E-state index contributed by atoms with van der Waals surface area (Å²) in [5, 5.41) is 6.18. The van der Waals surface area contributed by atoms with Crippen molar-refractivity contribution in [2.45, 2.75) is 6.54 Å². The van der Waals surface area contributed by atoms with E-state index >= 15 is 0 Å². The molecule has 3 heterocycles. The molecular formula is C25H28ClN7O. The number of benzene rings is 2. The van der Waals surface area contributed by atoms with Gasteiger partial charge in [0.15, 0.2) is 5.65 Å². The molecule has 2 aromatic heterocycles. The maximum absolute atomic E-state index is 6.61. The Labute approximate surface area is 203 Å². The Morgan fingerprint density at radius 3 is 2.53 bits per heavy atom. The number of piperazine rings is 1. The summed E-state index contributed by atoms with van der Waals surface area (Å²) in [6.45, 7) is 5.77. The highest BCUT2D eigenvalue weighted by atomic mass is 35.5. The van der Waals surface area contributed by atoms with Crippen LogP contribution in [0.15, 0.2) is 54.6 Å². The number of rotatable bonds is 7. The summed E-state index contributed by atoms with van der Waals surface area (Å²) < 4.78 is 7.02. The van der Waals surface area contributed by atoms with Crippen LogP contribution in [0.1, 0.15) is 5.56 Å². The summed E-state index contributed by atoms with van der Waals surface area (Å²) in [6, 6.07) is 17.8. The Morgan fingerprint density at radius 1 is 1.00 bits per heavy atom. The lowest BCUT2D eigenvalue weighted by atomic mass is 10.1. The van der Waals surface area contributed by atoms with Crippen LogP contribution in [0.5, 0.6) is 0 Å². The minimum atomic E-state index is 0.546. The average molecular weight is 478 g/mol. The number of halogens is 1. The molecule has 2 N–H and O–H groups in total. The number of fused-ring (bicyclic) bond motifs is 1. The molecule has 2 aromatic carbocycles. The zero-order valence-corrected chi connectivity index (χ0v) is 19.9. The van der Waals surface area contributed by atoms with Crippen molar-refractivity contribution in [2.75, 3.05) is 57.1 Å². The van der Waals surface area contributed by atoms with Gasteiger partial charge in [-0.2, -0.15) is 4.98 Å². The molecule has 176 valence electrons. The van der Waals surface area contributed by atoms with Crippen LogP contribution in [0.3, 0.4) is 0 Å². The van der Waals surface area contributed by atoms with Crippen LogP contribution in [0, 0.1) is 0 Å². The largest absolute Gasteiger partial charge is 0.383 e. The van der Waals surface area contributed by atoms with Gasteiger partial charge in [-0.15, -0.1) is 5.10 Å². The summed E-state index contributed by atoms with van der Waals surface area (Å²) in [7, 11) is 1.74. The van der Waals surface area contributed by atoms with Crippen molar-refractivity contribution in [1.82, 2.24) is 24.6 Å². The maximum atomic E-state index is 6.61. The molecule has 0 spiro atoms. The third kappa shape index (κ3) is 4.70. The van der Waals surface area contributed by atoms with Gasteiger partial charge in [0.2, 0.25) is 5.95 Å². The average Bonchev–Trinajstić information content (AvgIpc) is 3.18. The minimum absolute atomic E-state index is 0.546. The molecule has 4 aromatic rings. The second kappa shape index (κ2) is 9.97. The highest BCUT2D eigenvalue weighted by Gasteiger charge is 2.23. The van der Waals surface area contributed by atoms with Crippen molar-refractivity contribution in [3.63, 3.8) is 0 Å². The second-order valence-corrected chi connectivity index (χ2v) is 8.87.